The predicted octanol–water partition coefficient (Wildman–Crippen LogP) is 2.52. The summed E-state index contributed by atoms with van der Waals surface area (Å²) in [7, 11) is 0. The maximum Gasteiger partial charge on any atom is 0.271 e. The van der Waals surface area contributed by atoms with Crippen molar-refractivity contribution in [1.29, 1.82) is 0 Å². The molecule has 0 unspecified atom stereocenters. The second-order valence-electron chi connectivity index (χ2n) is 7.97. The Bertz CT molecular complexity index is 1200. The number of amides is 1. The van der Waals surface area contributed by atoms with Crippen LogP contribution in [-0.4, -0.2) is 53.7 Å². The number of anilines is 3. The third-order valence-corrected chi connectivity index (χ3v) is 6.12. The molecule has 1 amide bonds. The Morgan fingerprint density at radius 1 is 1.06 bits per heavy atom. The average molecular weight is 482 g/mol. The van der Waals surface area contributed by atoms with Crippen molar-refractivity contribution in [3.05, 3.63) is 64.9 Å². The second kappa shape index (κ2) is 9.62. The van der Waals surface area contributed by atoms with E-state index in [4.69, 9.17) is 26.8 Å². The molecule has 4 N–H and O–H groups in total. The van der Waals surface area contributed by atoms with Crippen LogP contribution in [0.25, 0.3) is 0 Å². The van der Waals surface area contributed by atoms with Gasteiger partial charge in [-0.1, -0.05) is 29.8 Å². The van der Waals surface area contributed by atoms with Gasteiger partial charge in [0.05, 0.1) is 10.6 Å². The van der Waals surface area contributed by atoms with Gasteiger partial charge in [0.25, 0.3) is 5.91 Å². The van der Waals surface area contributed by atoms with Crippen LogP contribution >= 0.6 is 11.6 Å². The first-order valence-corrected chi connectivity index (χ1v) is 11.2. The van der Waals surface area contributed by atoms with E-state index in [-0.39, 0.29) is 12.7 Å². The first kappa shape index (κ1) is 22.1. The third-order valence-electron chi connectivity index (χ3n) is 5.79. The maximum atomic E-state index is 12.4. The summed E-state index contributed by atoms with van der Waals surface area (Å²) < 4.78 is 10.9. The zero-order valence-electron chi connectivity index (χ0n) is 18.3. The Balaban J connectivity index is 1.18. The Morgan fingerprint density at radius 3 is 2.68 bits per heavy atom. The molecule has 0 bridgehead atoms. The molecule has 2 aliphatic heterocycles. The van der Waals surface area contributed by atoms with Gasteiger partial charge in [0.1, 0.15) is 12.0 Å². The van der Waals surface area contributed by atoms with Crippen molar-refractivity contribution >= 4 is 34.8 Å². The molecule has 1 aromatic heterocycles. The lowest BCUT2D eigenvalue weighted by Crippen LogP contribution is -2.46. The van der Waals surface area contributed by atoms with Crippen LogP contribution in [0.3, 0.4) is 0 Å². The summed E-state index contributed by atoms with van der Waals surface area (Å²) in [5, 5.41) is 0.358. The fourth-order valence-electron chi connectivity index (χ4n) is 3.98. The van der Waals surface area contributed by atoms with E-state index in [2.05, 4.69) is 36.7 Å². The smallest absolute Gasteiger partial charge is 0.271 e. The molecule has 0 spiro atoms. The molecule has 2 aromatic carbocycles. The Hall–Kier alpha value is -3.76. The highest BCUT2D eigenvalue weighted by Crippen LogP contribution is 2.33. The van der Waals surface area contributed by atoms with Crippen LogP contribution in [0.2, 0.25) is 5.02 Å². The lowest BCUT2D eigenvalue weighted by atomic mass is 10.1. The highest BCUT2D eigenvalue weighted by Gasteiger charge is 2.22. The molecule has 0 atom stereocenters. The van der Waals surface area contributed by atoms with E-state index in [9.17, 15) is 4.79 Å². The molecule has 0 aliphatic carbocycles. The molecule has 2 aliphatic rings. The molecule has 1 saturated heterocycles. The number of carbonyl (C=O) groups is 1. The molecule has 3 heterocycles. The van der Waals surface area contributed by atoms with E-state index in [1.165, 1.54) is 11.9 Å². The molecule has 0 radical (unpaired) electrons. The van der Waals surface area contributed by atoms with Crippen LogP contribution in [0.5, 0.6) is 11.5 Å². The van der Waals surface area contributed by atoms with Crippen LogP contribution in [0.1, 0.15) is 15.9 Å². The number of hydrogen-bond acceptors (Lipinski definition) is 9. The molecule has 3 aromatic rings. The molecule has 34 heavy (non-hydrogen) atoms. The van der Waals surface area contributed by atoms with E-state index < -0.39 is 0 Å². The summed E-state index contributed by atoms with van der Waals surface area (Å²) in [6.07, 6.45) is 1.43. The van der Waals surface area contributed by atoms with Crippen molar-refractivity contribution in [1.82, 2.24) is 20.3 Å². The number of piperazine rings is 1. The lowest BCUT2D eigenvalue weighted by Gasteiger charge is -2.36. The number of carbonyl (C=O) groups excluding carboxylic acids is 1. The molecule has 176 valence electrons. The van der Waals surface area contributed by atoms with E-state index in [0.717, 1.165) is 44.2 Å². The molecule has 10 nitrogen and oxygen atoms in total. The van der Waals surface area contributed by atoms with Gasteiger partial charge in [-0.05, 0) is 29.8 Å². The molecule has 1 fully saturated rings. The number of hydrazine groups is 1. The van der Waals surface area contributed by atoms with Crippen molar-refractivity contribution in [2.75, 3.05) is 49.0 Å². The topological polar surface area (TPSA) is 118 Å². The fourth-order valence-corrected chi connectivity index (χ4v) is 4.20. The number of benzene rings is 2. The number of nitrogens with two attached hydrogens (primary N) is 1. The number of nitrogens with one attached hydrogen (secondary N) is 2. The van der Waals surface area contributed by atoms with Gasteiger partial charge in [-0.15, -0.1) is 0 Å². The van der Waals surface area contributed by atoms with Crippen LogP contribution < -0.4 is 31.0 Å². The molecular formula is C23H24ClN7O3. The number of aromatic nitrogens is 2. The van der Waals surface area contributed by atoms with Crippen LogP contribution in [-0.2, 0) is 6.54 Å². The minimum Gasteiger partial charge on any atom is -0.454 e. The van der Waals surface area contributed by atoms with Gasteiger partial charge in [-0.2, -0.15) is 0 Å². The third kappa shape index (κ3) is 4.63. The number of rotatable bonds is 6. The van der Waals surface area contributed by atoms with Crippen LogP contribution in [0.15, 0.2) is 48.8 Å². The number of ether oxygens (including phenoxy) is 2. The Morgan fingerprint density at radius 2 is 1.85 bits per heavy atom. The van der Waals surface area contributed by atoms with Gasteiger partial charge >= 0.3 is 0 Å². The monoisotopic (exact) mass is 481 g/mol. The summed E-state index contributed by atoms with van der Waals surface area (Å²) in [6.45, 7) is 4.32. The van der Waals surface area contributed by atoms with E-state index in [0.29, 0.717) is 27.9 Å². The summed E-state index contributed by atoms with van der Waals surface area (Å²) in [4.78, 5) is 25.4. The second-order valence-corrected chi connectivity index (χ2v) is 8.38. The number of hydrogen-bond donors (Lipinski definition) is 3. The summed E-state index contributed by atoms with van der Waals surface area (Å²) in [5.41, 5.74) is 13.6. The summed E-state index contributed by atoms with van der Waals surface area (Å²) >= 11 is 6.09. The zero-order valence-corrected chi connectivity index (χ0v) is 19.1. The average Bonchev–Trinajstić information content (AvgIpc) is 3.32. The first-order valence-electron chi connectivity index (χ1n) is 10.9. The van der Waals surface area contributed by atoms with Gasteiger partial charge < -0.3 is 20.1 Å². The summed E-state index contributed by atoms with van der Waals surface area (Å²) in [6, 6.07) is 12.8. The van der Waals surface area contributed by atoms with Gasteiger partial charge in [-0.3, -0.25) is 20.5 Å². The normalized spacial score (nSPS) is 15.3. The minimum absolute atomic E-state index is 0.276. The molecule has 0 saturated carbocycles. The van der Waals surface area contributed by atoms with Gasteiger partial charge in [0, 0.05) is 32.7 Å². The SMILES string of the molecule is Nc1c(NNC(=O)c2ccccc2Cl)ncnc1N1CCN(Cc2ccc3c(c2)OCO3)CC1. The van der Waals surface area contributed by atoms with Crippen LogP contribution in [0.4, 0.5) is 17.3 Å². The van der Waals surface area contributed by atoms with E-state index in [1.807, 2.05) is 12.1 Å². The zero-order chi connectivity index (χ0) is 23.5. The van der Waals surface area contributed by atoms with Gasteiger partial charge in [0.15, 0.2) is 23.1 Å². The Kier molecular flexibility index (Phi) is 6.24. The largest absolute Gasteiger partial charge is 0.454 e. The fraction of sp³-hybridized carbons (Fsp3) is 0.261. The lowest BCUT2D eigenvalue weighted by molar-refractivity contribution is 0.0962. The van der Waals surface area contributed by atoms with Crippen molar-refractivity contribution < 1.29 is 14.3 Å². The Labute approximate surface area is 201 Å². The molecule has 5 rings (SSSR count). The number of nitrogen functional groups attached to an aromatic ring is 1. The predicted molar refractivity (Wildman–Crippen MR) is 129 cm³/mol. The number of fused-ring (bicyclic) bond motifs is 1. The minimum atomic E-state index is -0.387. The van der Waals surface area contributed by atoms with Crippen molar-refractivity contribution in [2.24, 2.45) is 0 Å². The van der Waals surface area contributed by atoms with E-state index >= 15 is 0 Å². The highest BCUT2D eigenvalue weighted by molar-refractivity contribution is 6.33. The van der Waals surface area contributed by atoms with E-state index in [1.54, 1.807) is 24.3 Å². The first-order chi connectivity index (χ1) is 16.6. The van der Waals surface area contributed by atoms with Crippen molar-refractivity contribution in [2.45, 2.75) is 6.54 Å². The molecule has 11 heteroatoms. The van der Waals surface area contributed by atoms with Gasteiger partial charge in [0.2, 0.25) is 6.79 Å². The van der Waals surface area contributed by atoms with Crippen LogP contribution in [0, 0.1) is 0 Å². The van der Waals surface area contributed by atoms with Crippen molar-refractivity contribution in [3.8, 4) is 11.5 Å². The molecular weight excluding hydrogens is 458 g/mol. The maximum absolute atomic E-state index is 12.4. The van der Waals surface area contributed by atoms with Gasteiger partial charge in [-0.25, -0.2) is 9.97 Å². The quantitative estimate of drug-likeness (QED) is 0.456. The standard InChI is InChI=1S/C23H24ClN7O3/c24-17-4-2-1-3-16(17)23(32)29-28-21-20(25)22(27-13-26-21)31-9-7-30(8-10-31)12-15-5-6-18-19(11-15)34-14-33-18/h1-6,11,13H,7-10,12,14,25H2,(H,29,32)(H,26,27,28). The van der Waals surface area contributed by atoms with Crippen molar-refractivity contribution in [3.63, 3.8) is 0 Å². The highest BCUT2D eigenvalue weighted by atomic mass is 35.5. The number of halogens is 1. The summed E-state index contributed by atoms with van der Waals surface area (Å²) in [5.74, 6) is 2.16. The number of nitrogens with zero attached hydrogens (tertiary/aromatic N) is 4.